The number of methoxy groups -OCH3 is 1. The molecule has 1 aromatic carbocycles. The van der Waals surface area contributed by atoms with Crippen LogP contribution in [0, 0.1) is 0 Å². The summed E-state index contributed by atoms with van der Waals surface area (Å²) >= 11 is 0. The molecule has 0 bridgehead atoms. The number of anilines is 1. The van der Waals surface area contributed by atoms with Crippen LogP contribution in [0.3, 0.4) is 0 Å². The van der Waals surface area contributed by atoms with Gasteiger partial charge in [0.25, 0.3) is 0 Å². The predicted octanol–water partition coefficient (Wildman–Crippen LogP) is 2.61. The van der Waals surface area contributed by atoms with Crippen LogP contribution in [-0.2, 0) is 20.7 Å². The van der Waals surface area contributed by atoms with Gasteiger partial charge in [-0.3, -0.25) is 9.59 Å². The Morgan fingerprint density at radius 3 is 2.91 bits per heavy atom. The molecule has 1 saturated heterocycles. The lowest BCUT2D eigenvalue weighted by Crippen LogP contribution is -2.38. The van der Waals surface area contributed by atoms with Gasteiger partial charge in [0.15, 0.2) is 0 Å². The van der Waals surface area contributed by atoms with Gasteiger partial charge in [0.1, 0.15) is 0 Å². The molecule has 5 heteroatoms. The fourth-order valence-electron chi connectivity index (χ4n) is 2.99. The van der Waals surface area contributed by atoms with Crippen LogP contribution in [0.15, 0.2) is 24.3 Å². The number of aryl methyl sites for hydroxylation is 1. The third-order valence-corrected chi connectivity index (χ3v) is 4.24. The lowest BCUT2D eigenvalue weighted by Gasteiger charge is -2.24. The van der Waals surface area contributed by atoms with Crippen LogP contribution in [-0.4, -0.2) is 43.0 Å². The molecule has 0 unspecified atom stereocenters. The molecule has 0 aromatic heterocycles. The minimum absolute atomic E-state index is 0.0435. The zero-order valence-electron chi connectivity index (χ0n) is 14.0. The second kappa shape index (κ2) is 8.67. The van der Waals surface area contributed by atoms with Gasteiger partial charge >= 0.3 is 0 Å². The highest BCUT2D eigenvalue weighted by Gasteiger charge is 2.28. The summed E-state index contributed by atoms with van der Waals surface area (Å²) in [5.74, 6) is -0.0731. The average Bonchev–Trinajstić information content (AvgIpc) is 3.01. The highest BCUT2D eigenvalue weighted by Crippen LogP contribution is 2.19. The van der Waals surface area contributed by atoms with Crippen molar-refractivity contribution in [2.45, 2.75) is 45.1 Å². The summed E-state index contributed by atoms with van der Waals surface area (Å²) in [4.78, 5) is 26.2. The van der Waals surface area contributed by atoms with E-state index in [9.17, 15) is 9.59 Å². The molecule has 1 fully saturated rings. The SMILES string of the molecule is CCc1cccc(NC(=O)CCC(=O)N2CCC[C@H]2COC)c1. The molecular formula is C18H26N2O3. The van der Waals surface area contributed by atoms with Gasteiger partial charge in [0, 0.05) is 32.2 Å². The summed E-state index contributed by atoms with van der Waals surface area (Å²) in [6.45, 7) is 3.42. The lowest BCUT2D eigenvalue weighted by molar-refractivity contribution is -0.134. The first-order valence-corrected chi connectivity index (χ1v) is 8.31. The summed E-state index contributed by atoms with van der Waals surface area (Å²) < 4.78 is 5.16. The zero-order valence-corrected chi connectivity index (χ0v) is 14.0. The third-order valence-electron chi connectivity index (χ3n) is 4.24. The number of nitrogens with zero attached hydrogens (tertiary/aromatic N) is 1. The molecule has 126 valence electrons. The van der Waals surface area contributed by atoms with E-state index in [-0.39, 0.29) is 30.7 Å². The van der Waals surface area contributed by atoms with Crippen molar-refractivity contribution in [1.82, 2.24) is 4.90 Å². The number of carbonyl (C=O) groups excluding carboxylic acids is 2. The van der Waals surface area contributed by atoms with E-state index in [2.05, 4.69) is 12.2 Å². The number of rotatable bonds is 7. The van der Waals surface area contributed by atoms with E-state index in [1.54, 1.807) is 7.11 Å². The maximum Gasteiger partial charge on any atom is 0.224 e. The number of carbonyl (C=O) groups is 2. The van der Waals surface area contributed by atoms with Crippen molar-refractivity contribution in [3.63, 3.8) is 0 Å². The molecule has 1 aliphatic rings. The predicted molar refractivity (Wildman–Crippen MR) is 90.3 cm³/mol. The molecule has 1 atom stereocenters. The van der Waals surface area contributed by atoms with E-state index < -0.39 is 0 Å². The van der Waals surface area contributed by atoms with E-state index in [1.165, 1.54) is 5.56 Å². The maximum atomic E-state index is 12.3. The van der Waals surface area contributed by atoms with Gasteiger partial charge < -0.3 is 15.0 Å². The molecule has 2 amide bonds. The molecule has 5 nitrogen and oxygen atoms in total. The van der Waals surface area contributed by atoms with Crippen molar-refractivity contribution in [1.29, 1.82) is 0 Å². The van der Waals surface area contributed by atoms with Crippen LogP contribution in [0.25, 0.3) is 0 Å². The van der Waals surface area contributed by atoms with Gasteiger partial charge in [0.05, 0.1) is 12.6 Å². The Labute approximate surface area is 138 Å². The Balaban J connectivity index is 1.80. The van der Waals surface area contributed by atoms with Gasteiger partial charge in [0.2, 0.25) is 11.8 Å². The maximum absolute atomic E-state index is 12.3. The van der Waals surface area contributed by atoms with Crippen LogP contribution >= 0.6 is 0 Å². The number of amides is 2. The molecule has 2 rings (SSSR count). The fourth-order valence-corrected chi connectivity index (χ4v) is 2.99. The summed E-state index contributed by atoms with van der Waals surface area (Å²) in [6.07, 6.45) is 3.38. The first-order chi connectivity index (χ1) is 11.1. The van der Waals surface area contributed by atoms with Gasteiger partial charge in [-0.1, -0.05) is 19.1 Å². The first kappa shape index (κ1) is 17.5. The highest BCUT2D eigenvalue weighted by atomic mass is 16.5. The molecule has 0 spiro atoms. The molecule has 1 N–H and O–H groups in total. The summed E-state index contributed by atoms with van der Waals surface area (Å²) in [6, 6.07) is 7.96. The Bertz CT molecular complexity index is 545. The number of benzene rings is 1. The second-order valence-electron chi connectivity index (χ2n) is 5.94. The van der Waals surface area contributed by atoms with E-state index in [0.29, 0.717) is 6.61 Å². The Morgan fingerprint density at radius 1 is 1.35 bits per heavy atom. The van der Waals surface area contributed by atoms with Crippen molar-refractivity contribution in [3.8, 4) is 0 Å². The highest BCUT2D eigenvalue weighted by molar-refractivity contribution is 5.93. The van der Waals surface area contributed by atoms with Crippen LogP contribution in [0.2, 0.25) is 0 Å². The zero-order chi connectivity index (χ0) is 16.7. The van der Waals surface area contributed by atoms with Crippen LogP contribution in [0.4, 0.5) is 5.69 Å². The minimum atomic E-state index is -0.117. The molecule has 0 aliphatic carbocycles. The molecule has 1 heterocycles. The third kappa shape index (κ3) is 5.06. The topological polar surface area (TPSA) is 58.6 Å². The molecule has 0 saturated carbocycles. The quantitative estimate of drug-likeness (QED) is 0.841. The summed E-state index contributed by atoms with van der Waals surface area (Å²) in [7, 11) is 1.65. The number of ether oxygens (including phenoxy) is 1. The number of hydrogen-bond donors (Lipinski definition) is 1. The number of likely N-dealkylation sites (tertiary alicyclic amines) is 1. The first-order valence-electron chi connectivity index (χ1n) is 8.31. The van der Waals surface area contributed by atoms with Crippen molar-refractivity contribution < 1.29 is 14.3 Å². The number of hydrogen-bond acceptors (Lipinski definition) is 3. The minimum Gasteiger partial charge on any atom is -0.383 e. The van der Waals surface area contributed by atoms with E-state index in [0.717, 1.165) is 31.5 Å². The molecular weight excluding hydrogens is 292 g/mol. The second-order valence-corrected chi connectivity index (χ2v) is 5.94. The molecule has 23 heavy (non-hydrogen) atoms. The van der Waals surface area contributed by atoms with Crippen molar-refractivity contribution >= 4 is 17.5 Å². The van der Waals surface area contributed by atoms with Crippen molar-refractivity contribution in [2.75, 3.05) is 25.6 Å². The van der Waals surface area contributed by atoms with E-state index in [4.69, 9.17) is 4.74 Å². The lowest BCUT2D eigenvalue weighted by atomic mass is 10.1. The van der Waals surface area contributed by atoms with Crippen molar-refractivity contribution in [3.05, 3.63) is 29.8 Å². The van der Waals surface area contributed by atoms with Gasteiger partial charge in [-0.05, 0) is 37.0 Å². The average molecular weight is 318 g/mol. The van der Waals surface area contributed by atoms with Gasteiger partial charge in [-0.25, -0.2) is 0 Å². The monoisotopic (exact) mass is 318 g/mol. The van der Waals surface area contributed by atoms with Crippen molar-refractivity contribution in [2.24, 2.45) is 0 Å². The van der Waals surface area contributed by atoms with Gasteiger partial charge in [-0.2, -0.15) is 0 Å². The Hall–Kier alpha value is -1.88. The Morgan fingerprint density at radius 2 is 2.17 bits per heavy atom. The van der Waals surface area contributed by atoms with Gasteiger partial charge in [-0.15, -0.1) is 0 Å². The fraction of sp³-hybridized carbons (Fsp3) is 0.556. The van der Waals surface area contributed by atoms with E-state index in [1.807, 2.05) is 29.2 Å². The van der Waals surface area contributed by atoms with Crippen LogP contribution in [0.1, 0.15) is 38.2 Å². The smallest absolute Gasteiger partial charge is 0.224 e. The Kier molecular flexibility index (Phi) is 6.59. The van der Waals surface area contributed by atoms with E-state index >= 15 is 0 Å². The molecule has 1 aromatic rings. The van der Waals surface area contributed by atoms with Crippen LogP contribution < -0.4 is 5.32 Å². The largest absolute Gasteiger partial charge is 0.383 e. The summed E-state index contributed by atoms with van der Waals surface area (Å²) in [5, 5.41) is 2.86. The standard InChI is InChI=1S/C18H26N2O3/c1-3-14-6-4-7-15(12-14)19-17(21)9-10-18(22)20-11-5-8-16(20)13-23-2/h4,6-7,12,16H,3,5,8-11,13H2,1-2H3,(H,19,21)/t16-/m0/s1. The summed E-state index contributed by atoms with van der Waals surface area (Å²) in [5.41, 5.74) is 1.97. The molecule has 1 aliphatic heterocycles. The van der Waals surface area contributed by atoms with Crippen LogP contribution in [0.5, 0.6) is 0 Å². The number of nitrogens with one attached hydrogen (secondary N) is 1. The molecule has 0 radical (unpaired) electrons. The normalized spacial score (nSPS) is 17.3.